The van der Waals surface area contributed by atoms with Crippen LogP contribution in [0.15, 0.2) is 11.6 Å². The first kappa shape index (κ1) is 16.3. The van der Waals surface area contributed by atoms with Gasteiger partial charge in [0, 0.05) is 17.7 Å². The number of allylic oxidation sites excluding steroid dienone is 2. The Hall–Kier alpha value is -0.630. The first-order chi connectivity index (χ1) is 12.5. The Morgan fingerprint density at radius 3 is 2.77 bits per heavy atom. The quantitative estimate of drug-likeness (QED) is 0.615. The van der Waals surface area contributed by atoms with E-state index >= 15 is 0 Å². The molecular formula is C24H35NO. The Labute approximate surface area is 158 Å². The van der Waals surface area contributed by atoms with E-state index in [0.29, 0.717) is 11.3 Å². The van der Waals surface area contributed by atoms with Gasteiger partial charge < -0.3 is 10.1 Å². The molecular weight excluding hydrogens is 318 g/mol. The van der Waals surface area contributed by atoms with Crippen LogP contribution in [0.5, 0.6) is 0 Å². The molecule has 2 heteroatoms. The highest BCUT2D eigenvalue weighted by Crippen LogP contribution is 2.79. The summed E-state index contributed by atoms with van der Waals surface area (Å²) in [6.07, 6.45) is 11.5. The molecule has 0 bridgehead atoms. The summed E-state index contributed by atoms with van der Waals surface area (Å²) >= 11 is 0. The van der Waals surface area contributed by atoms with E-state index in [1.165, 1.54) is 38.5 Å². The van der Waals surface area contributed by atoms with Gasteiger partial charge in [-0.15, -0.1) is 0 Å². The maximum Gasteiger partial charge on any atom is 0.0770 e. The van der Waals surface area contributed by atoms with E-state index in [4.69, 9.17) is 10.1 Å². The lowest BCUT2D eigenvalue weighted by molar-refractivity contribution is -0.157. The molecule has 0 aromatic carbocycles. The zero-order chi connectivity index (χ0) is 17.8. The summed E-state index contributed by atoms with van der Waals surface area (Å²) in [6.45, 7) is 8.69. The summed E-state index contributed by atoms with van der Waals surface area (Å²) in [7, 11) is 0. The molecule has 1 heterocycles. The van der Waals surface area contributed by atoms with Crippen molar-refractivity contribution in [3.05, 3.63) is 11.6 Å². The van der Waals surface area contributed by atoms with E-state index < -0.39 is 0 Å². The lowest BCUT2D eigenvalue weighted by Gasteiger charge is -2.60. The van der Waals surface area contributed by atoms with E-state index in [-0.39, 0.29) is 5.60 Å². The van der Waals surface area contributed by atoms with Crippen LogP contribution in [-0.2, 0) is 4.74 Å². The molecule has 7 unspecified atom stereocenters. The molecule has 2 nitrogen and oxygen atoms in total. The third-order valence-electron chi connectivity index (χ3n) is 10.5. The van der Waals surface area contributed by atoms with E-state index in [9.17, 15) is 0 Å². The second-order valence-corrected chi connectivity index (χ2v) is 11.0. The minimum absolute atomic E-state index is 0.251. The SMILES string of the molecule is CC1C2=CC(=N)CC[C@@H]2C2CC[C@@]3(C)C(C4CC4[C@@]34CCCO4)C2C1C. The van der Waals surface area contributed by atoms with Crippen molar-refractivity contribution < 1.29 is 4.74 Å². The van der Waals surface area contributed by atoms with Gasteiger partial charge in [-0.1, -0.05) is 26.3 Å². The molecule has 0 radical (unpaired) electrons. The van der Waals surface area contributed by atoms with E-state index in [0.717, 1.165) is 60.2 Å². The highest BCUT2D eigenvalue weighted by molar-refractivity contribution is 5.93. The average molecular weight is 354 g/mol. The molecule has 1 spiro atoms. The van der Waals surface area contributed by atoms with Crippen molar-refractivity contribution in [2.45, 2.75) is 71.3 Å². The van der Waals surface area contributed by atoms with Crippen LogP contribution in [0.3, 0.4) is 0 Å². The first-order valence-corrected chi connectivity index (χ1v) is 11.4. The van der Waals surface area contributed by atoms with Crippen molar-refractivity contribution in [3.8, 4) is 0 Å². The van der Waals surface area contributed by atoms with Gasteiger partial charge in [-0.05, 0) is 98.4 Å². The smallest absolute Gasteiger partial charge is 0.0770 e. The summed E-state index contributed by atoms with van der Waals surface area (Å²) in [5.41, 5.74) is 3.22. The van der Waals surface area contributed by atoms with Crippen molar-refractivity contribution in [2.24, 2.45) is 52.8 Å². The molecule has 0 amide bonds. The van der Waals surface area contributed by atoms with Crippen LogP contribution in [0.1, 0.15) is 65.7 Å². The zero-order valence-corrected chi connectivity index (χ0v) is 16.8. The van der Waals surface area contributed by atoms with Gasteiger partial charge in [-0.3, -0.25) is 0 Å². The number of rotatable bonds is 0. The largest absolute Gasteiger partial charge is 0.374 e. The number of hydrogen-bond donors (Lipinski definition) is 1. The molecule has 10 atom stereocenters. The van der Waals surface area contributed by atoms with Gasteiger partial charge in [0.05, 0.1) is 5.60 Å². The summed E-state index contributed by atoms with van der Waals surface area (Å²) < 4.78 is 6.65. The Morgan fingerprint density at radius 1 is 1.15 bits per heavy atom. The number of ether oxygens (including phenoxy) is 1. The molecule has 0 aromatic heterocycles. The van der Waals surface area contributed by atoms with Crippen molar-refractivity contribution in [3.63, 3.8) is 0 Å². The molecule has 1 N–H and O–H groups in total. The van der Waals surface area contributed by atoms with Crippen LogP contribution in [0.2, 0.25) is 0 Å². The van der Waals surface area contributed by atoms with Crippen LogP contribution < -0.4 is 0 Å². The van der Waals surface area contributed by atoms with Gasteiger partial charge in [0.15, 0.2) is 0 Å². The molecule has 0 aromatic rings. The Bertz CT molecular complexity index is 688. The fraction of sp³-hybridized carbons (Fsp3) is 0.875. The lowest BCUT2D eigenvalue weighted by atomic mass is 9.45. The molecule has 4 saturated carbocycles. The number of fused-ring (bicyclic) bond motifs is 9. The molecule has 6 aliphatic rings. The predicted octanol–water partition coefficient (Wildman–Crippen LogP) is 5.48. The lowest BCUT2D eigenvalue weighted by Crippen LogP contribution is -2.57. The standard InChI is InChI=1S/C24H35NO/c1-13-14(2)21-17(16-6-5-15(25)11-18(13)16)7-9-23(3)22(21)19-12-20(19)24(23)8-4-10-26-24/h11,13-14,16-17,19-22,25H,4-10,12H2,1-3H3/t13?,14?,16-,17?,19?,20?,21?,22?,23+,24+/m1/s1. The average Bonchev–Trinajstić information content (AvgIpc) is 3.19. The summed E-state index contributed by atoms with van der Waals surface area (Å²) in [5.74, 6) is 6.77. The minimum Gasteiger partial charge on any atom is -0.374 e. The van der Waals surface area contributed by atoms with Crippen molar-refractivity contribution >= 4 is 5.71 Å². The van der Waals surface area contributed by atoms with Crippen molar-refractivity contribution in [1.29, 1.82) is 5.41 Å². The Balaban J connectivity index is 1.43. The van der Waals surface area contributed by atoms with Crippen LogP contribution in [0.4, 0.5) is 0 Å². The molecule has 26 heavy (non-hydrogen) atoms. The number of hydrogen-bond acceptors (Lipinski definition) is 2. The summed E-state index contributed by atoms with van der Waals surface area (Å²) in [6, 6.07) is 0. The fourth-order valence-corrected chi connectivity index (χ4v) is 9.36. The van der Waals surface area contributed by atoms with E-state index in [1.807, 2.05) is 0 Å². The van der Waals surface area contributed by atoms with Gasteiger partial charge in [-0.25, -0.2) is 0 Å². The van der Waals surface area contributed by atoms with Gasteiger partial charge in [0.1, 0.15) is 0 Å². The first-order valence-electron chi connectivity index (χ1n) is 11.4. The maximum absolute atomic E-state index is 8.20. The van der Waals surface area contributed by atoms with Gasteiger partial charge in [0.25, 0.3) is 0 Å². The maximum atomic E-state index is 8.20. The highest BCUT2D eigenvalue weighted by Gasteiger charge is 2.77. The van der Waals surface area contributed by atoms with E-state index in [2.05, 4.69) is 26.8 Å². The molecule has 1 aliphatic heterocycles. The zero-order valence-electron chi connectivity index (χ0n) is 16.8. The van der Waals surface area contributed by atoms with E-state index in [1.54, 1.807) is 5.57 Å². The molecule has 5 aliphatic carbocycles. The molecule has 142 valence electrons. The van der Waals surface area contributed by atoms with Crippen LogP contribution in [0, 0.1) is 58.2 Å². The fourth-order valence-electron chi connectivity index (χ4n) is 9.36. The number of nitrogens with one attached hydrogen (secondary N) is 1. The highest BCUT2D eigenvalue weighted by atomic mass is 16.5. The Morgan fingerprint density at radius 2 is 2.00 bits per heavy atom. The summed E-state index contributed by atoms with van der Waals surface area (Å²) in [4.78, 5) is 0. The molecule has 1 saturated heterocycles. The van der Waals surface area contributed by atoms with Gasteiger partial charge in [-0.2, -0.15) is 0 Å². The third-order valence-corrected chi connectivity index (χ3v) is 10.5. The normalized spacial score (nSPS) is 60.1. The van der Waals surface area contributed by atoms with Crippen LogP contribution in [0.25, 0.3) is 0 Å². The van der Waals surface area contributed by atoms with Crippen molar-refractivity contribution in [2.75, 3.05) is 6.61 Å². The minimum atomic E-state index is 0.251. The second-order valence-electron chi connectivity index (χ2n) is 11.0. The van der Waals surface area contributed by atoms with Crippen LogP contribution in [-0.4, -0.2) is 17.9 Å². The molecule has 5 fully saturated rings. The van der Waals surface area contributed by atoms with Gasteiger partial charge >= 0.3 is 0 Å². The monoisotopic (exact) mass is 353 g/mol. The predicted molar refractivity (Wildman–Crippen MR) is 104 cm³/mol. The topological polar surface area (TPSA) is 33.1 Å². The second kappa shape index (κ2) is 5.04. The Kier molecular flexibility index (Phi) is 3.17. The van der Waals surface area contributed by atoms with Crippen molar-refractivity contribution in [1.82, 2.24) is 0 Å². The molecule has 6 rings (SSSR count). The van der Waals surface area contributed by atoms with Gasteiger partial charge in [0.2, 0.25) is 0 Å². The third kappa shape index (κ3) is 1.72. The summed E-state index contributed by atoms with van der Waals surface area (Å²) in [5, 5.41) is 8.20. The van der Waals surface area contributed by atoms with Crippen LogP contribution >= 0.6 is 0 Å².